The van der Waals surface area contributed by atoms with E-state index in [0.29, 0.717) is 18.0 Å². The van der Waals surface area contributed by atoms with Gasteiger partial charge >= 0.3 is 0 Å². The molecule has 2 aliphatic rings. The van der Waals surface area contributed by atoms with Gasteiger partial charge in [0.1, 0.15) is 0 Å². The van der Waals surface area contributed by atoms with E-state index in [-0.39, 0.29) is 5.41 Å². The van der Waals surface area contributed by atoms with E-state index in [9.17, 15) is 8.42 Å². The molecular weight excluding hydrogens is 394 g/mol. The van der Waals surface area contributed by atoms with Crippen molar-refractivity contribution in [1.29, 1.82) is 0 Å². The minimum Gasteiger partial charge on any atom is -0.233 e. The van der Waals surface area contributed by atoms with Crippen molar-refractivity contribution in [2.24, 2.45) is 5.41 Å². The van der Waals surface area contributed by atoms with Gasteiger partial charge in [0.25, 0.3) is 0 Å². The predicted octanol–water partition coefficient (Wildman–Crippen LogP) is 4.30. The van der Waals surface area contributed by atoms with Crippen molar-refractivity contribution in [2.75, 3.05) is 13.1 Å². The fraction of sp³-hybridized carbons (Fsp3) is 0.292. The maximum Gasteiger partial charge on any atom is 0.243 e. The summed E-state index contributed by atoms with van der Waals surface area (Å²) in [6.07, 6.45) is 6.67. The zero-order valence-corrected chi connectivity index (χ0v) is 17.8. The highest BCUT2D eigenvalue weighted by molar-refractivity contribution is 7.89. The number of hydrogen-bond donors (Lipinski definition) is 0. The first-order valence-corrected chi connectivity index (χ1v) is 11.9. The van der Waals surface area contributed by atoms with E-state index in [1.165, 1.54) is 11.1 Å². The topological polar surface area (TPSA) is 55.2 Å². The lowest BCUT2D eigenvalue weighted by molar-refractivity contribution is 0.204. The highest BCUT2D eigenvalue weighted by atomic mass is 32.2. The molecule has 5 rings (SSSR count). The summed E-state index contributed by atoms with van der Waals surface area (Å²) < 4.78 is 30.2. The molecule has 6 heteroatoms. The van der Waals surface area contributed by atoms with Gasteiger partial charge in [0.05, 0.1) is 22.5 Å². The number of nitrogens with zero attached hydrogens (tertiary/aromatic N) is 3. The summed E-state index contributed by atoms with van der Waals surface area (Å²) in [5, 5.41) is 4.65. The second-order valence-electron chi connectivity index (χ2n) is 8.18. The van der Waals surface area contributed by atoms with Gasteiger partial charge in [-0.1, -0.05) is 48.9 Å². The molecule has 1 atom stereocenters. The lowest BCUT2D eigenvalue weighted by atomic mass is 9.67. The molecule has 2 heterocycles. The minimum absolute atomic E-state index is 0.169. The Morgan fingerprint density at radius 2 is 1.73 bits per heavy atom. The zero-order valence-electron chi connectivity index (χ0n) is 17.0. The molecule has 1 saturated heterocycles. The minimum atomic E-state index is -3.49. The van der Waals surface area contributed by atoms with Crippen molar-refractivity contribution < 1.29 is 8.42 Å². The number of piperidine rings is 1. The highest BCUT2D eigenvalue weighted by Gasteiger charge is 2.44. The largest absolute Gasteiger partial charge is 0.243 e. The van der Waals surface area contributed by atoms with E-state index in [1.807, 2.05) is 35.1 Å². The molecule has 1 aliphatic carbocycles. The molecule has 3 aromatic rings. The van der Waals surface area contributed by atoms with E-state index in [2.05, 4.69) is 30.2 Å². The number of aromatic nitrogens is 2. The molecule has 0 radical (unpaired) electrons. The SMILES string of the molecule is CCC12Cc3cnn(-c4ccccc4)c3C=C1CCN(S(=O)(=O)c1ccccc1)C2. The van der Waals surface area contributed by atoms with Crippen molar-refractivity contribution >= 4 is 16.1 Å². The third-order valence-electron chi connectivity index (χ3n) is 6.58. The van der Waals surface area contributed by atoms with Crippen LogP contribution < -0.4 is 0 Å². The normalized spacial score (nSPS) is 21.6. The summed E-state index contributed by atoms with van der Waals surface area (Å²) >= 11 is 0. The highest BCUT2D eigenvalue weighted by Crippen LogP contribution is 2.47. The van der Waals surface area contributed by atoms with Crippen LogP contribution in [0.25, 0.3) is 11.8 Å². The lowest BCUT2D eigenvalue weighted by Gasteiger charge is -2.45. The summed E-state index contributed by atoms with van der Waals surface area (Å²) in [6, 6.07) is 18.9. The average molecular weight is 420 g/mol. The van der Waals surface area contributed by atoms with Crippen LogP contribution in [0.4, 0.5) is 0 Å². The van der Waals surface area contributed by atoms with Gasteiger partial charge in [-0.2, -0.15) is 9.40 Å². The van der Waals surface area contributed by atoms with Crippen molar-refractivity contribution in [3.8, 4) is 5.69 Å². The molecule has 30 heavy (non-hydrogen) atoms. The Bertz CT molecular complexity index is 1200. The standard InChI is InChI=1S/C24H25N3O2S/c1-2-24-16-19-17-25-27(21-9-5-3-6-10-21)23(19)15-20(24)13-14-26(18-24)30(28,29)22-11-7-4-8-12-22/h3-12,15,17H,2,13-14,16,18H2,1H3. The fourth-order valence-corrected chi connectivity index (χ4v) is 6.37. The average Bonchev–Trinajstić information content (AvgIpc) is 3.20. The van der Waals surface area contributed by atoms with Gasteiger partial charge in [0.2, 0.25) is 10.0 Å². The predicted molar refractivity (Wildman–Crippen MR) is 118 cm³/mol. The molecule has 1 fully saturated rings. The van der Waals surface area contributed by atoms with Crippen LogP contribution in [0, 0.1) is 5.41 Å². The molecule has 0 saturated carbocycles. The van der Waals surface area contributed by atoms with Gasteiger partial charge in [-0.25, -0.2) is 13.1 Å². The van der Waals surface area contributed by atoms with Crippen LogP contribution in [0.2, 0.25) is 0 Å². The first-order chi connectivity index (χ1) is 14.5. The quantitative estimate of drug-likeness (QED) is 0.633. The molecule has 5 nitrogen and oxygen atoms in total. The van der Waals surface area contributed by atoms with Crippen LogP contribution in [0.5, 0.6) is 0 Å². The maximum atomic E-state index is 13.2. The number of para-hydroxylation sites is 1. The molecule has 1 unspecified atom stereocenters. The molecule has 0 amide bonds. The van der Waals surface area contributed by atoms with Crippen LogP contribution in [0.15, 0.2) is 77.3 Å². The van der Waals surface area contributed by atoms with Gasteiger partial charge in [-0.05, 0) is 55.2 Å². The number of fused-ring (bicyclic) bond motifs is 2. The Kier molecular flexibility index (Phi) is 4.64. The molecule has 1 aromatic heterocycles. The van der Waals surface area contributed by atoms with Gasteiger partial charge in [0, 0.05) is 18.5 Å². The molecule has 0 spiro atoms. The summed E-state index contributed by atoms with van der Waals surface area (Å²) in [6.45, 7) is 3.20. The van der Waals surface area contributed by atoms with Gasteiger partial charge in [-0.3, -0.25) is 0 Å². The van der Waals surface area contributed by atoms with Gasteiger partial charge < -0.3 is 0 Å². The first-order valence-electron chi connectivity index (χ1n) is 10.4. The third-order valence-corrected chi connectivity index (χ3v) is 8.43. The molecule has 154 valence electrons. The molecule has 0 N–H and O–H groups in total. The molecular formula is C24H25N3O2S. The molecule has 1 aliphatic heterocycles. The van der Waals surface area contributed by atoms with E-state index in [4.69, 9.17) is 0 Å². The Balaban J connectivity index is 1.51. The van der Waals surface area contributed by atoms with Crippen molar-refractivity contribution in [3.63, 3.8) is 0 Å². The van der Waals surface area contributed by atoms with Crippen molar-refractivity contribution in [3.05, 3.63) is 83.7 Å². The summed E-state index contributed by atoms with van der Waals surface area (Å²) in [5.74, 6) is 0. The summed E-state index contributed by atoms with van der Waals surface area (Å²) in [5.41, 5.74) is 4.53. The fourth-order valence-electron chi connectivity index (χ4n) is 4.82. The molecule has 2 aromatic carbocycles. The van der Waals surface area contributed by atoms with Crippen LogP contribution >= 0.6 is 0 Å². The van der Waals surface area contributed by atoms with Crippen LogP contribution in [0.3, 0.4) is 0 Å². The Morgan fingerprint density at radius 3 is 2.43 bits per heavy atom. The number of rotatable bonds is 4. The van der Waals surface area contributed by atoms with Gasteiger partial charge in [0.15, 0.2) is 0 Å². The monoisotopic (exact) mass is 419 g/mol. The number of hydrogen-bond acceptors (Lipinski definition) is 3. The first kappa shape index (κ1) is 19.3. The third kappa shape index (κ3) is 3.02. The Labute approximate surface area is 177 Å². The second-order valence-corrected chi connectivity index (χ2v) is 10.1. The van der Waals surface area contributed by atoms with Crippen LogP contribution in [-0.2, 0) is 16.4 Å². The Hall–Kier alpha value is -2.70. The molecule has 0 bridgehead atoms. The number of sulfonamides is 1. The maximum absolute atomic E-state index is 13.2. The van der Waals surface area contributed by atoms with Crippen LogP contribution in [0.1, 0.15) is 31.0 Å². The van der Waals surface area contributed by atoms with E-state index in [1.54, 1.807) is 28.6 Å². The van der Waals surface area contributed by atoms with E-state index in [0.717, 1.165) is 30.6 Å². The van der Waals surface area contributed by atoms with Crippen molar-refractivity contribution in [2.45, 2.75) is 31.1 Å². The Morgan fingerprint density at radius 1 is 1.03 bits per heavy atom. The summed E-state index contributed by atoms with van der Waals surface area (Å²) in [4.78, 5) is 0.372. The second kappa shape index (κ2) is 7.22. The van der Waals surface area contributed by atoms with Crippen molar-refractivity contribution in [1.82, 2.24) is 14.1 Å². The van der Waals surface area contributed by atoms with Gasteiger partial charge in [-0.15, -0.1) is 0 Å². The smallest absolute Gasteiger partial charge is 0.233 e. The van der Waals surface area contributed by atoms with Crippen LogP contribution in [-0.4, -0.2) is 35.6 Å². The summed E-state index contributed by atoms with van der Waals surface area (Å²) in [7, 11) is -3.49. The van der Waals surface area contributed by atoms with E-state index >= 15 is 0 Å². The zero-order chi connectivity index (χ0) is 20.8. The van der Waals surface area contributed by atoms with E-state index < -0.39 is 10.0 Å². The lowest BCUT2D eigenvalue weighted by Crippen LogP contribution is -2.49. The number of benzene rings is 2.